The van der Waals surface area contributed by atoms with E-state index in [0.29, 0.717) is 32.2 Å². The summed E-state index contributed by atoms with van der Waals surface area (Å²) in [5, 5.41) is 13.5. The molecule has 1 aliphatic rings. The third-order valence-electron chi connectivity index (χ3n) is 6.18. The smallest absolute Gasteiger partial charge is 0.411 e. The predicted octanol–water partition coefficient (Wildman–Crippen LogP) is 5.06. The first-order valence-electron chi connectivity index (χ1n) is 11.5. The van der Waals surface area contributed by atoms with Gasteiger partial charge >= 0.3 is 6.09 Å². The lowest BCUT2D eigenvalue weighted by Crippen LogP contribution is -2.60. The number of likely N-dealkylation sites (tertiary alicyclic amines) is 1. The molecule has 1 fully saturated rings. The first kappa shape index (κ1) is 26.7. The van der Waals surface area contributed by atoms with Crippen LogP contribution in [0, 0.1) is 5.41 Å². The molecule has 0 spiro atoms. The first-order valence-corrected chi connectivity index (χ1v) is 12.3. The van der Waals surface area contributed by atoms with E-state index in [0.717, 1.165) is 16.5 Å². The molecule has 1 heterocycles. The number of ether oxygens (including phenoxy) is 1. The van der Waals surface area contributed by atoms with E-state index < -0.39 is 23.3 Å². The van der Waals surface area contributed by atoms with E-state index >= 15 is 0 Å². The second-order valence-electron chi connectivity index (χ2n) is 10.7. The van der Waals surface area contributed by atoms with E-state index in [1.165, 1.54) is 0 Å². The molecule has 0 aromatic heterocycles. The van der Waals surface area contributed by atoms with Gasteiger partial charge in [0.25, 0.3) is 0 Å². The highest BCUT2D eigenvalue weighted by Gasteiger charge is 2.51. The van der Waals surface area contributed by atoms with E-state index in [1.54, 1.807) is 4.90 Å². The molecule has 32 heavy (non-hydrogen) atoms. The van der Waals surface area contributed by atoms with Gasteiger partial charge in [0.1, 0.15) is 11.1 Å². The van der Waals surface area contributed by atoms with Crippen LogP contribution in [0.25, 0.3) is 0 Å². The Morgan fingerprint density at radius 3 is 2.41 bits per heavy atom. The maximum Gasteiger partial charge on any atom is 0.411 e. The lowest BCUT2D eigenvalue weighted by atomic mass is 9.84. The van der Waals surface area contributed by atoms with Crippen LogP contribution in [0.1, 0.15) is 72.8 Å². The molecule has 7 heteroatoms. The van der Waals surface area contributed by atoms with Gasteiger partial charge in [0.2, 0.25) is 5.91 Å². The largest absolute Gasteiger partial charge is 0.444 e. The molecule has 2 N–H and O–H groups in total. The van der Waals surface area contributed by atoms with Gasteiger partial charge in [-0.2, -0.15) is 0 Å². The van der Waals surface area contributed by atoms with Gasteiger partial charge in [-0.1, -0.05) is 55.3 Å². The minimum absolute atomic E-state index is 0.00480. The SMILES string of the molecule is CCC(C)(C)CC(O)CNC(=O)C1(Cc2ccc(Br)cc2)CCCN1C(=O)OC(C)(C)C. The van der Waals surface area contributed by atoms with Crippen molar-refractivity contribution in [3.63, 3.8) is 0 Å². The van der Waals surface area contributed by atoms with Crippen LogP contribution in [0.2, 0.25) is 0 Å². The van der Waals surface area contributed by atoms with Gasteiger partial charge in [0.15, 0.2) is 0 Å². The molecule has 0 radical (unpaired) electrons. The van der Waals surface area contributed by atoms with Crippen molar-refractivity contribution in [2.45, 2.75) is 90.9 Å². The third kappa shape index (κ3) is 7.20. The Morgan fingerprint density at radius 2 is 1.84 bits per heavy atom. The van der Waals surface area contributed by atoms with Crippen LogP contribution in [0.4, 0.5) is 4.79 Å². The summed E-state index contributed by atoms with van der Waals surface area (Å²) >= 11 is 3.45. The molecule has 2 unspecified atom stereocenters. The number of nitrogens with one attached hydrogen (secondary N) is 1. The van der Waals surface area contributed by atoms with Crippen LogP contribution in [0.5, 0.6) is 0 Å². The quantitative estimate of drug-likeness (QED) is 0.511. The number of halogens is 1. The number of hydrogen-bond acceptors (Lipinski definition) is 4. The molecule has 2 rings (SSSR count). The van der Waals surface area contributed by atoms with E-state index in [4.69, 9.17) is 4.74 Å². The van der Waals surface area contributed by atoms with Crippen LogP contribution in [-0.2, 0) is 16.0 Å². The molecular weight excluding hydrogens is 472 g/mol. The van der Waals surface area contributed by atoms with Crippen LogP contribution in [0.3, 0.4) is 0 Å². The maximum atomic E-state index is 13.6. The van der Waals surface area contributed by atoms with Gasteiger partial charge in [-0.15, -0.1) is 0 Å². The summed E-state index contributed by atoms with van der Waals surface area (Å²) in [5.41, 5.74) is -0.737. The Labute approximate surface area is 201 Å². The minimum Gasteiger partial charge on any atom is -0.444 e. The first-order chi connectivity index (χ1) is 14.8. The van der Waals surface area contributed by atoms with Crippen molar-refractivity contribution in [1.82, 2.24) is 10.2 Å². The lowest BCUT2D eigenvalue weighted by molar-refractivity contribution is -0.132. The van der Waals surface area contributed by atoms with Crippen LogP contribution >= 0.6 is 15.9 Å². The second kappa shape index (κ2) is 10.6. The molecule has 0 bridgehead atoms. The van der Waals surface area contributed by atoms with Crippen molar-refractivity contribution < 1.29 is 19.4 Å². The molecule has 1 aromatic carbocycles. The molecular formula is C25H39BrN2O4. The van der Waals surface area contributed by atoms with Crippen LogP contribution in [0.15, 0.2) is 28.7 Å². The topological polar surface area (TPSA) is 78.9 Å². The van der Waals surface area contributed by atoms with E-state index in [-0.39, 0.29) is 17.9 Å². The van der Waals surface area contributed by atoms with Crippen molar-refractivity contribution in [1.29, 1.82) is 0 Å². The summed E-state index contributed by atoms with van der Waals surface area (Å²) in [7, 11) is 0. The number of benzene rings is 1. The van der Waals surface area contributed by atoms with Gasteiger partial charge in [0.05, 0.1) is 6.10 Å². The van der Waals surface area contributed by atoms with Gasteiger partial charge in [-0.25, -0.2) is 4.79 Å². The van der Waals surface area contributed by atoms with Crippen molar-refractivity contribution in [3.8, 4) is 0 Å². The highest BCUT2D eigenvalue weighted by atomic mass is 79.9. The Kier molecular flexibility index (Phi) is 8.79. The fourth-order valence-corrected chi connectivity index (χ4v) is 4.40. The van der Waals surface area contributed by atoms with E-state index in [9.17, 15) is 14.7 Å². The van der Waals surface area contributed by atoms with Crippen molar-refractivity contribution in [2.24, 2.45) is 5.41 Å². The van der Waals surface area contributed by atoms with Gasteiger partial charge in [-0.05, 0) is 63.1 Å². The summed E-state index contributed by atoms with van der Waals surface area (Å²) in [5.74, 6) is -0.239. The van der Waals surface area contributed by atoms with E-state index in [2.05, 4.69) is 42.0 Å². The highest BCUT2D eigenvalue weighted by molar-refractivity contribution is 9.10. The van der Waals surface area contributed by atoms with Crippen LogP contribution in [-0.4, -0.2) is 52.3 Å². The Bertz CT molecular complexity index is 788. The molecule has 1 aliphatic heterocycles. The molecule has 1 saturated heterocycles. The van der Waals surface area contributed by atoms with Crippen molar-refractivity contribution in [2.75, 3.05) is 13.1 Å². The standard InChI is InChI=1S/C25H39BrN2O4/c1-7-24(5,6)16-20(29)17-27-21(30)25(15-18-9-11-19(26)12-10-18)13-8-14-28(25)22(31)32-23(2,3)4/h9-12,20,29H,7-8,13-17H2,1-6H3,(H,27,30). The van der Waals surface area contributed by atoms with Crippen molar-refractivity contribution in [3.05, 3.63) is 34.3 Å². The zero-order valence-electron chi connectivity index (χ0n) is 20.3. The second-order valence-corrected chi connectivity index (χ2v) is 11.6. The average molecular weight is 512 g/mol. The van der Waals surface area contributed by atoms with Gasteiger partial charge < -0.3 is 15.2 Å². The number of carbonyl (C=O) groups excluding carboxylic acids is 2. The summed E-state index contributed by atoms with van der Waals surface area (Å²) in [6.07, 6.45) is 2.07. The molecule has 2 amide bonds. The summed E-state index contributed by atoms with van der Waals surface area (Å²) < 4.78 is 6.60. The maximum absolute atomic E-state index is 13.6. The van der Waals surface area contributed by atoms with Gasteiger partial charge in [-0.3, -0.25) is 9.69 Å². The molecule has 0 aliphatic carbocycles. The molecule has 6 nitrogen and oxygen atoms in total. The molecule has 2 atom stereocenters. The Balaban J connectivity index is 2.26. The summed E-state index contributed by atoms with van der Waals surface area (Å²) in [6.45, 7) is 12.4. The highest BCUT2D eigenvalue weighted by Crippen LogP contribution is 2.35. The number of rotatable bonds is 8. The molecule has 1 aromatic rings. The number of aliphatic hydroxyl groups excluding tert-OH is 1. The van der Waals surface area contributed by atoms with Crippen LogP contribution < -0.4 is 5.32 Å². The summed E-state index contributed by atoms with van der Waals surface area (Å²) in [6, 6.07) is 7.79. The fraction of sp³-hybridized carbons (Fsp3) is 0.680. The number of hydrogen-bond donors (Lipinski definition) is 2. The Hall–Kier alpha value is -1.60. The zero-order chi connectivity index (χ0) is 24.2. The normalized spacial score (nSPS) is 20.2. The molecule has 0 saturated carbocycles. The Morgan fingerprint density at radius 1 is 1.22 bits per heavy atom. The predicted molar refractivity (Wildman–Crippen MR) is 130 cm³/mol. The number of carbonyl (C=O) groups is 2. The third-order valence-corrected chi connectivity index (χ3v) is 6.71. The molecule has 180 valence electrons. The minimum atomic E-state index is -1.05. The average Bonchev–Trinajstić information content (AvgIpc) is 3.11. The number of aliphatic hydroxyl groups is 1. The fourth-order valence-electron chi connectivity index (χ4n) is 4.13. The number of amides is 2. The van der Waals surface area contributed by atoms with Crippen molar-refractivity contribution >= 4 is 27.9 Å². The van der Waals surface area contributed by atoms with E-state index in [1.807, 2.05) is 45.0 Å². The zero-order valence-corrected chi connectivity index (χ0v) is 21.9. The lowest BCUT2D eigenvalue weighted by Gasteiger charge is -2.38. The number of nitrogens with zero attached hydrogens (tertiary/aromatic N) is 1. The monoisotopic (exact) mass is 510 g/mol. The van der Waals surface area contributed by atoms with Gasteiger partial charge in [0, 0.05) is 24.0 Å². The summed E-state index contributed by atoms with van der Waals surface area (Å²) in [4.78, 5) is 28.2.